The number of carbonyl (C=O) groups is 1. The number of carbonyl (C=O) groups excluding carboxylic acids is 1. The molecule has 6 aliphatic heterocycles. The van der Waals surface area contributed by atoms with Gasteiger partial charge in [-0.1, -0.05) is 31.7 Å². The zero-order valence-electron chi connectivity index (χ0n) is 62.9. The summed E-state index contributed by atoms with van der Waals surface area (Å²) in [6.45, 7) is 11.2. The Morgan fingerprint density at radius 2 is 0.788 bits per heavy atom. The molecule has 9 unspecified atom stereocenters. The van der Waals surface area contributed by atoms with E-state index >= 15 is 0 Å². The maximum Gasteiger partial charge on any atom is 0.410 e. The molecule has 104 heavy (non-hydrogen) atoms. The number of likely N-dealkylation sites (tertiary alicyclic amines) is 4. The van der Waals surface area contributed by atoms with E-state index in [-0.39, 0.29) is 29.5 Å². The van der Waals surface area contributed by atoms with E-state index in [1.165, 1.54) is 138 Å². The van der Waals surface area contributed by atoms with E-state index in [1.54, 1.807) is 40.6 Å². The fourth-order valence-corrected chi connectivity index (χ4v) is 22.5. The van der Waals surface area contributed by atoms with Crippen molar-refractivity contribution in [3.8, 4) is 34.1 Å². The molecule has 1 amide bonds. The molecule has 6 saturated heterocycles. The highest BCUT2D eigenvalue weighted by atomic mass is 19.1. The van der Waals surface area contributed by atoms with Crippen LogP contribution >= 0.6 is 0 Å². The largest absolute Gasteiger partial charge is 0.497 e. The molecular weight excluding hydrogens is 1320 g/mol. The Labute approximate surface area is 617 Å². The molecule has 12 atom stereocenters. The van der Waals surface area contributed by atoms with Crippen molar-refractivity contribution >= 4 is 6.09 Å². The number of benzene rings is 5. The lowest BCUT2D eigenvalue weighted by Gasteiger charge is -2.40. The Kier molecular flexibility index (Phi) is 24.9. The van der Waals surface area contributed by atoms with Gasteiger partial charge in [-0.2, -0.15) is 0 Å². The number of hydrogen-bond acceptors (Lipinski definition) is 10. The molecule has 0 radical (unpaired) electrons. The van der Waals surface area contributed by atoms with Crippen LogP contribution in [0.4, 0.5) is 26.7 Å². The number of fused-ring (bicyclic) bond motifs is 8. The van der Waals surface area contributed by atoms with Crippen LogP contribution < -0.4 is 18.9 Å². The minimum absolute atomic E-state index is 0.102. The average Bonchev–Trinajstić information content (AvgIpc) is 1.61. The molecule has 11 nitrogen and oxygen atoms in total. The van der Waals surface area contributed by atoms with Gasteiger partial charge in [-0.3, -0.25) is 0 Å². The minimum Gasteiger partial charge on any atom is -0.497 e. The van der Waals surface area contributed by atoms with E-state index in [9.17, 15) is 26.7 Å². The smallest absolute Gasteiger partial charge is 0.410 e. The summed E-state index contributed by atoms with van der Waals surface area (Å²) >= 11 is 0. The van der Waals surface area contributed by atoms with Gasteiger partial charge in [-0.25, -0.2) is 26.7 Å². The fourth-order valence-electron chi connectivity index (χ4n) is 22.5. The summed E-state index contributed by atoms with van der Waals surface area (Å²) < 4.78 is 96.4. The molecule has 5 aromatic carbocycles. The van der Waals surface area contributed by atoms with Crippen LogP contribution in [0, 0.1) is 64.6 Å². The summed E-state index contributed by atoms with van der Waals surface area (Å²) in [5, 5.41) is 0. The lowest BCUT2D eigenvalue weighted by Crippen LogP contribution is -2.44. The number of rotatable bonds is 14. The molecule has 17 rings (SSSR count). The van der Waals surface area contributed by atoms with Gasteiger partial charge in [0.05, 0.1) is 35.0 Å². The van der Waals surface area contributed by atoms with Crippen molar-refractivity contribution < 1.29 is 50.4 Å². The molecule has 12 aliphatic rings. The highest BCUT2D eigenvalue weighted by Crippen LogP contribution is 2.51. The van der Waals surface area contributed by atoms with Crippen LogP contribution in [0.15, 0.2) is 91.0 Å². The van der Waals surface area contributed by atoms with Crippen LogP contribution in [0.25, 0.3) is 11.1 Å². The maximum absolute atomic E-state index is 14.3. The van der Waals surface area contributed by atoms with E-state index in [0.717, 1.165) is 223 Å². The number of ether oxygens (including phenoxy) is 5. The Balaban J connectivity index is 0.000000118. The number of nitrogens with zero attached hydrogens (tertiary/aromatic N) is 5. The van der Waals surface area contributed by atoms with E-state index in [1.807, 2.05) is 37.3 Å². The zero-order valence-corrected chi connectivity index (χ0v) is 62.9. The molecular formula is C88H118F5N5O6. The number of amides is 1. The summed E-state index contributed by atoms with van der Waals surface area (Å²) in [4.78, 5) is 25.3. The van der Waals surface area contributed by atoms with Crippen LogP contribution in [-0.4, -0.2) is 154 Å². The molecule has 0 spiro atoms. The lowest BCUT2D eigenvalue weighted by molar-refractivity contribution is 0.0844. The molecule has 0 N–H and O–H groups in total. The second-order valence-corrected chi connectivity index (χ2v) is 33.4. The van der Waals surface area contributed by atoms with Gasteiger partial charge in [-0.15, -0.1) is 0 Å². The van der Waals surface area contributed by atoms with E-state index in [4.69, 9.17) is 23.7 Å². The summed E-state index contributed by atoms with van der Waals surface area (Å²) in [6.07, 6.45) is 34.3. The number of halogens is 5. The molecule has 566 valence electrons. The predicted octanol–water partition coefficient (Wildman–Crippen LogP) is 19.7. The van der Waals surface area contributed by atoms with Crippen molar-refractivity contribution in [2.45, 2.75) is 240 Å². The van der Waals surface area contributed by atoms with Gasteiger partial charge in [0, 0.05) is 52.9 Å². The van der Waals surface area contributed by atoms with Gasteiger partial charge < -0.3 is 48.2 Å². The fraction of sp³-hybridized carbons (Fsp3) is 0.648. The molecule has 5 aromatic rings. The van der Waals surface area contributed by atoms with Crippen molar-refractivity contribution in [3.05, 3.63) is 142 Å². The Morgan fingerprint density at radius 1 is 0.365 bits per heavy atom. The molecule has 6 saturated carbocycles. The topological polar surface area (TPSA) is 79.4 Å². The van der Waals surface area contributed by atoms with Gasteiger partial charge in [0.1, 0.15) is 52.1 Å². The van der Waals surface area contributed by atoms with Crippen LogP contribution in [0.2, 0.25) is 0 Å². The molecule has 12 fully saturated rings. The molecule has 6 heterocycles. The van der Waals surface area contributed by atoms with Gasteiger partial charge in [0.2, 0.25) is 0 Å². The molecule has 8 bridgehead atoms. The quantitative estimate of drug-likeness (QED) is 0.100. The van der Waals surface area contributed by atoms with E-state index < -0.39 is 11.6 Å². The summed E-state index contributed by atoms with van der Waals surface area (Å²) in [5.41, 5.74) is 5.08. The normalized spacial score (nSPS) is 29.8. The van der Waals surface area contributed by atoms with Gasteiger partial charge in [0.25, 0.3) is 0 Å². The molecule has 0 aromatic heterocycles. The Morgan fingerprint density at radius 3 is 1.33 bits per heavy atom. The monoisotopic (exact) mass is 1440 g/mol. The van der Waals surface area contributed by atoms with Crippen LogP contribution in [-0.2, 0) is 4.74 Å². The first kappa shape index (κ1) is 74.9. The Hall–Kier alpha value is -5.94. The summed E-state index contributed by atoms with van der Waals surface area (Å²) in [6, 6.07) is 28.0. The van der Waals surface area contributed by atoms with E-state index in [0.29, 0.717) is 59.2 Å². The standard InChI is InChI=1S/C25H29F2NO.C24H36N2O4.C21H30FNO.C18H23F2N/c1-29-25-7-4-18(21-15-20(26)5-6-23(21)27)14-22(25)17-8-10-28(11-9-17)24-13-16-2-3-19(24)12-16;1-4-30-24(27)26-18-5-7-19(15-20(26)8-6-18)25-13-11-17(12-14-25)22-16-21(28-2)9-10-23(22)29-3;1-24-21-7-5-18(22)14-20(21)17-8-10-23(11-9-17)19-6-4-15-2-3-16(12-15)13-19;19-15-3-4-17(20)16(11-15)13-5-7-21(8-6-13)18-10-12-1-2-14(18)9-12/h4-7,14-17,19,24H,2-3,8-13H2,1H3;9-10,16-20H,4-8,11-15H2,1-3H3;5,7,14-17,19H,2-4,6,8-13H2,1H3;3-4,11-14,18H,1-2,5-10H2/t16-,19?,24-;;;12-,14?,18?/m0..0/s1. The Bertz CT molecular complexity index is 3640. The first-order chi connectivity index (χ1) is 50.7. The third-order valence-corrected chi connectivity index (χ3v) is 27.9. The van der Waals surface area contributed by atoms with Gasteiger partial charge >= 0.3 is 6.09 Å². The number of hydrogen-bond donors (Lipinski definition) is 0. The number of piperidine rings is 4. The predicted molar refractivity (Wildman–Crippen MR) is 402 cm³/mol. The molecule has 16 heteroatoms. The zero-order chi connectivity index (χ0) is 72.0. The number of methoxy groups -OCH3 is 4. The summed E-state index contributed by atoms with van der Waals surface area (Å²) in [7, 11) is 6.84. The average molecular weight is 1440 g/mol. The third-order valence-electron chi connectivity index (χ3n) is 27.9. The minimum atomic E-state index is -0.419. The SMILES string of the molecule is CCOC(=O)N1C2CCC(N3CCC(c4cc(OC)ccc4OC)CC3)CC1CC2.COc1ccc(-c2cc(F)ccc2F)cc1C1CCN([C@H]2C[C@H]3CCC2C3)CC1.COc1ccc(F)cc1C1CCN(C2CCC3CCC(C3)C2)CC1.Fc1ccc(F)c(C2CCN(C3C[C@H]4CCC3C4)CC2)c1. The van der Waals surface area contributed by atoms with Crippen molar-refractivity contribution in [2.75, 3.05) is 87.4 Å². The molecule has 6 aliphatic carbocycles. The van der Waals surface area contributed by atoms with Crippen molar-refractivity contribution in [2.24, 2.45) is 35.5 Å². The highest BCUT2D eigenvalue weighted by molar-refractivity contribution is 5.69. The van der Waals surface area contributed by atoms with E-state index in [2.05, 4.69) is 30.6 Å². The lowest BCUT2D eigenvalue weighted by atomic mass is 9.85. The third kappa shape index (κ3) is 17.3. The van der Waals surface area contributed by atoms with Crippen LogP contribution in [0.5, 0.6) is 23.0 Å². The first-order valence-corrected chi connectivity index (χ1v) is 40.7. The van der Waals surface area contributed by atoms with Crippen molar-refractivity contribution in [1.82, 2.24) is 24.5 Å². The second kappa shape index (κ2) is 34.5. The van der Waals surface area contributed by atoms with Gasteiger partial charge in [0.15, 0.2) is 0 Å². The van der Waals surface area contributed by atoms with Gasteiger partial charge in [-0.05, 0) is 368 Å². The highest BCUT2D eigenvalue weighted by Gasteiger charge is 2.46. The maximum atomic E-state index is 14.3. The second-order valence-electron chi connectivity index (χ2n) is 33.4. The van der Waals surface area contributed by atoms with Crippen molar-refractivity contribution in [3.63, 3.8) is 0 Å². The first-order valence-electron chi connectivity index (χ1n) is 40.7. The van der Waals surface area contributed by atoms with Crippen molar-refractivity contribution in [1.29, 1.82) is 0 Å². The summed E-state index contributed by atoms with van der Waals surface area (Å²) in [5.74, 6) is 9.37. The van der Waals surface area contributed by atoms with Crippen LogP contribution in [0.3, 0.4) is 0 Å². The van der Waals surface area contributed by atoms with Crippen LogP contribution in [0.1, 0.15) is 226 Å².